The number of methoxy groups -OCH3 is 1. The molecule has 0 aliphatic heterocycles. The van der Waals surface area contributed by atoms with Crippen LogP contribution in [0.4, 0.5) is 0 Å². The first-order valence-corrected chi connectivity index (χ1v) is 7.88. The van der Waals surface area contributed by atoms with Gasteiger partial charge in [-0.2, -0.15) is 0 Å². The average molecular weight is 326 g/mol. The van der Waals surface area contributed by atoms with Crippen LogP contribution in [0.3, 0.4) is 0 Å². The van der Waals surface area contributed by atoms with Crippen molar-refractivity contribution in [1.29, 1.82) is 0 Å². The molecule has 114 valence electrons. The Labute approximate surface area is 134 Å². The highest BCUT2D eigenvalue weighted by atomic mass is 35.5. The molecular weight excluding hydrogens is 306 g/mol. The fraction of sp³-hybridized carbons (Fsp3) is 0.467. The molecule has 1 heterocycles. The number of hydrogen-bond donors (Lipinski definition) is 1. The van der Waals surface area contributed by atoms with Crippen molar-refractivity contribution in [3.63, 3.8) is 0 Å². The molecule has 1 unspecified atom stereocenters. The largest absolute Gasteiger partial charge is 0.496 e. The zero-order valence-electron chi connectivity index (χ0n) is 12.7. The van der Waals surface area contributed by atoms with Crippen LogP contribution in [-0.2, 0) is 11.8 Å². The summed E-state index contributed by atoms with van der Waals surface area (Å²) in [7, 11) is 1.65. The fourth-order valence-electron chi connectivity index (χ4n) is 2.20. The number of benzene rings is 1. The molecule has 0 spiro atoms. The van der Waals surface area contributed by atoms with E-state index in [1.54, 1.807) is 7.11 Å². The molecule has 0 bridgehead atoms. The number of aromatic nitrogens is 2. The summed E-state index contributed by atoms with van der Waals surface area (Å²) >= 11 is 7.43. The maximum atomic E-state index is 6.37. The van der Waals surface area contributed by atoms with Gasteiger partial charge in [0, 0.05) is 16.5 Å². The molecule has 2 N–H and O–H groups in total. The van der Waals surface area contributed by atoms with Crippen LogP contribution in [0.5, 0.6) is 5.75 Å². The van der Waals surface area contributed by atoms with E-state index in [1.807, 2.05) is 18.2 Å². The maximum absolute atomic E-state index is 6.37. The van der Waals surface area contributed by atoms with Crippen LogP contribution in [0.2, 0.25) is 5.02 Å². The lowest BCUT2D eigenvalue weighted by Crippen LogP contribution is -2.20. The van der Waals surface area contributed by atoms with Gasteiger partial charge in [0.1, 0.15) is 5.75 Å². The zero-order chi connectivity index (χ0) is 15.6. The molecule has 0 fully saturated rings. The second-order valence-corrected chi connectivity index (χ2v) is 7.22. The number of nitrogens with two attached hydrogens (primary N) is 1. The van der Waals surface area contributed by atoms with E-state index in [0.29, 0.717) is 11.4 Å². The highest BCUT2D eigenvalue weighted by molar-refractivity contribution is 7.05. The first-order valence-electron chi connectivity index (χ1n) is 6.73. The minimum Gasteiger partial charge on any atom is -0.496 e. The third-order valence-electron chi connectivity index (χ3n) is 3.24. The topological polar surface area (TPSA) is 61.0 Å². The molecule has 0 aliphatic rings. The molecule has 0 amide bonds. The molecule has 21 heavy (non-hydrogen) atoms. The van der Waals surface area contributed by atoms with Crippen molar-refractivity contribution in [2.75, 3.05) is 7.11 Å². The van der Waals surface area contributed by atoms with Crippen LogP contribution >= 0.6 is 23.1 Å². The first-order chi connectivity index (χ1) is 9.82. The van der Waals surface area contributed by atoms with Crippen LogP contribution in [0.25, 0.3) is 0 Å². The van der Waals surface area contributed by atoms with Crippen LogP contribution in [-0.4, -0.2) is 16.7 Å². The fourth-order valence-corrected chi connectivity index (χ4v) is 3.25. The highest BCUT2D eigenvalue weighted by Gasteiger charge is 2.26. The molecule has 1 aromatic carbocycles. The van der Waals surface area contributed by atoms with E-state index < -0.39 is 0 Å². The molecule has 1 atom stereocenters. The van der Waals surface area contributed by atoms with Crippen molar-refractivity contribution >= 4 is 23.1 Å². The summed E-state index contributed by atoms with van der Waals surface area (Å²) in [5, 5.41) is 4.92. The van der Waals surface area contributed by atoms with Gasteiger partial charge in [0.15, 0.2) is 0 Å². The van der Waals surface area contributed by atoms with E-state index in [1.165, 1.54) is 11.5 Å². The van der Waals surface area contributed by atoms with E-state index in [2.05, 4.69) is 30.4 Å². The van der Waals surface area contributed by atoms with Crippen molar-refractivity contribution < 1.29 is 4.74 Å². The van der Waals surface area contributed by atoms with Crippen LogP contribution < -0.4 is 10.5 Å². The van der Waals surface area contributed by atoms with E-state index in [-0.39, 0.29) is 11.5 Å². The van der Waals surface area contributed by atoms with Gasteiger partial charge in [0.2, 0.25) is 0 Å². The predicted octanol–water partition coefficient (Wildman–Crippen LogP) is 3.74. The Balaban J connectivity index is 2.29. The molecule has 2 aromatic rings. The molecule has 2 rings (SSSR count). The van der Waals surface area contributed by atoms with Gasteiger partial charge in [0.05, 0.1) is 17.7 Å². The summed E-state index contributed by atoms with van der Waals surface area (Å²) in [5.74, 6) is 0.796. The Hall–Kier alpha value is -1.17. The molecule has 1 aromatic heterocycles. The lowest BCUT2D eigenvalue weighted by molar-refractivity contribution is 0.408. The van der Waals surface area contributed by atoms with Crippen LogP contribution in [0.1, 0.15) is 42.9 Å². The Morgan fingerprint density at radius 2 is 2.10 bits per heavy atom. The first kappa shape index (κ1) is 16.2. The molecule has 0 saturated carbocycles. The third kappa shape index (κ3) is 3.73. The number of ether oxygens (including phenoxy) is 1. The summed E-state index contributed by atoms with van der Waals surface area (Å²) in [6, 6.07) is 5.39. The number of rotatable bonds is 4. The molecule has 6 heteroatoms. The monoisotopic (exact) mass is 325 g/mol. The van der Waals surface area contributed by atoms with Gasteiger partial charge in [0.25, 0.3) is 0 Å². The van der Waals surface area contributed by atoms with Gasteiger partial charge in [-0.25, -0.2) is 0 Å². The van der Waals surface area contributed by atoms with Crippen LogP contribution in [0, 0.1) is 0 Å². The standard InChI is InChI=1S/C15H20ClN3OS/c1-15(2,3)14-13(21-19-18-14)11(17)8-9-7-10(16)5-6-12(9)20-4/h5-7,11H,8,17H2,1-4H3. The van der Waals surface area contributed by atoms with E-state index in [0.717, 1.165) is 21.9 Å². The molecule has 4 nitrogen and oxygen atoms in total. The van der Waals surface area contributed by atoms with Crippen molar-refractivity contribution in [3.05, 3.63) is 39.4 Å². The molecule has 0 radical (unpaired) electrons. The summed E-state index contributed by atoms with van der Waals surface area (Å²) in [4.78, 5) is 1.02. The minimum atomic E-state index is -0.174. The smallest absolute Gasteiger partial charge is 0.122 e. The Bertz CT molecular complexity index is 622. The molecular formula is C15H20ClN3OS. The zero-order valence-corrected chi connectivity index (χ0v) is 14.3. The summed E-state index contributed by atoms with van der Waals surface area (Å²) in [5.41, 5.74) is 8.25. The van der Waals surface area contributed by atoms with Gasteiger partial charge >= 0.3 is 0 Å². The molecule has 0 aliphatic carbocycles. The quantitative estimate of drug-likeness (QED) is 0.930. The second kappa shape index (κ2) is 6.30. The molecule has 0 saturated heterocycles. The lowest BCUT2D eigenvalue weighted by Gasteiger charge is -2.20. The van der Waals surface area contributed by atoms with Gasteiger partial charge in [-0.15, -0.1) is 5.10 Å². The maximum Gasteiger partial charge on any atom is 0.122 e. The Kier molecular flexibility index (Phi) is 4.86. The van der Waals surface area contributed by atoms with Gasteiger partial charge in [-0.1, -0.05) is 36.9 Å². The van der Waals surface area contributed by atoms with Gasteiger partial charge in [-0.05, 0) is 41.7 Å². The Morgan fingerprint density at radius 3 is 2.71 bits per heavy atom. The Morgan fingerprint density at radius 1 is 1.38 bits per heavy atom. The van der Waals surface area contributed by atoms with E-state index in [4.69, 9.17) is 22.1 Å². The third-order valence-corrected chi connectivity index (χ3v) is 4.33. The summed E-state index contributed by atoms with van der Waals surface area (Å²) in [6.45, 7) is 6.33. The number of hydrogen-bond acceptors (Lipinski definition) is 5. The van der Waals surface area contributed by atoms with E-state index >= 15 is 0 Å². The number of halogens is 1. The van der Waals surface area contributed by atoms with Gasteiger partial charge in [-0.3, -0.25) is 0 Å². The van der Waals surface area contributed by atoms with Crippen molar-refractivity contribution in [2.45, 2.75) is 38.6 Å². The summed E-state index contributed by atoms with van der Waals surface area (Å²) in [6.07, 6.45) is 0.636. The minimum absolute atomic E-state index is 0.0711. The average Bonchev–Trinajstić information content (AvgIpc) is 2.88. The van der Waals surface area contributed by atoms with Crippen molar-refractivity contribution in [1.82, 2.24) is 9.59 Å². The second-order valence-electron chi connectivity index (χ2n) is 6.00. The SMILES string of the molecule is COc1ccc(Cl)cc1CC(N)c1snnc1C(C)(C)C. The predicted molar refractivity (Wildman–Crippen MR) is 87.2 cm³/mol. The lowest BCUT2D eigenvalue weighted by atomic mass is 9.89. The van der Waals surface area contributed by atoms with Crippen LogP contribution in [0.15, 0.2) is 18.2 Å². The summed E-state index contributed by atoms with van der Waals surface area (Å²) < 4.78 is 9.44. The van der Waals surface area contributed by atoms with Gasteiger partial charge < -0.3 is 10.5 Å². The van der Waals surface area contributed by atoms with Crippen molar-refractivity contribution in [3.8, 4) is 5.75 Å². The van der Waals surface area contributed by atoms with E-state index in [9.17, 15) is 0 Å². The highest BCUT2D eigenvalue weighted by Crippen LogP contribution is 2.33. The van der Waals surface area contributed by atoms with Crippen molar-refractivity contribution in [2.24, 2.45) is 5.73 Å². The normalized spacial score (nSPS) is 13.2. The number of nitrogens with zero attached hydrogens (tertiary/aromatic N) is 2.